The molecule has 0 aromatic heterocycles. The van der Waals surface area contributed by atoms with Gasteiger partial charge in [0.2, 0.25) is 0 Å². The molecule has 0 radical (unpaired) electrons. The van der Waals surface area contributed by atoms with Gasteiger partial charge in [0.1, 0.15) is 0 Å². The number of rotatable bonds is 3. The Morgan fingerprint density at radius 3 is 2.24 bits per heavy atom. The van der Waals surface area contributed by atoms with Crippen LogP contribution in [0.3, 0.4) is 0 Å². The molecule has 3 fully saturated rings. The zero-order valence-corrected chi connectivity index (χ0v) is 13.6. The lowest BCUT2D eigenvalue weighted by molar-refractivity contribution is 0.0341. The Kier molecular flexibility index (Phi) is 5.19. The van der Waals surface area contributed by atoms with Crippen molar-refractivity contribution in [3.63, 3.8) is 0 Å². The quantitative estimate of drug-likeness (QED) is 0.799. The van der Waals surface area contributed by atoms with E-state index in [4.69, 9.17) is 0 Å². The number of nitriles is 1. The molecule has 0 aromatic rings. The number of piperazine rings is 1. The van der Waals surface area contributed by atoms with Gasteiger partial charge in [-0.1, -0.05) is 26.2 Å². The van der Waals surface area contributed by atoms with Crippen molar-refractivity contribution in [1.82, 2.24) is 9.80 Å². The maximum atomic E-state index is 9.49. The first-order valence-electron chi connectivity index (χ1n) is 9.19. The fourth-order valence-electron chi connectivity index (χ4n) is 4.86. The molecule has 2 aliphatic carbocycles. The monoisotopic (exact) mass is 289 g/mol. The van der Waals surface area contributed by atoms with Crippen molar-refractivity contribution in [3.05, 3.63) is 0 Å². The summed E-state index contributed by atoms with van der Waals surface area (Å²) >= 11 is 0. The van der Waals surface area contributed by atoms with E-state index in [0.29, 0.717) is 6.04 Å². The summed E-state index contributed by atoms with van der Waals surface area (Å²) in [6, 6.07) is 4.02. The van der Waals surface area contributed by atoms with Crippen LogP contribution in [-0.2, 0) is 0 Å². The Hall–Kier alpha value is -0.590. The van der Waals surface area contributed by atoms with Crippen molar-refractivity contribution in [2.45, 2.75) is 70.4 Å². The molecule has 3 heteroatoms. The highest BCUT2D eigenvalue weighted by Crippen LogP contribution is 2.34. The van der Waals surface area contributed by atoms with Gasteiger partial charge in [-0.3, -0.25) is 9.80 Å². The van der Waals surface area contributed by atoms with Crippen LogP contribution in [0.5, 0.6) is 0 Å². The molecule has 0 spiro atoms. The summed E-state index contributed by atoms with van der Waals surface area (Å²) in [7, 11) is 0. The van der Waals surface area contributed by atoms with Crippen molar-refractivity contribution in [2.75, 3.05) is 26.2 Å². The van der Waals surface area contributed by atoms with Crippen molar-refractivity contribution in [2.24, 2.45) is 11.8 Å². The minimum Gasteiger partial charge on any atom is -0.298 e. The molecule has 1 saturated heterocycles. The number of hydrogen-bond donors (Lipinski definition) is 0. The first kappa shape index (κ1) is 15.3. The van der Waals surface area contributed by atoms with Gasteiger partial charge in [-0.05, 0) is 38.0 Å². The van der Waals surface area contributed by atoms with Gasteiger partial charge in [-0.2, -0.15) is 5.26 Å². The van der Waals surface area contributed by atoms with Gasteiger partial charge < -0.3 is 0 Å². The van der Waals surface area contributed by atoms with Crippen LogP contribution in [-0.4, -0.2) is 48.1 Å². The van der Waals surface area contributed by atoms with E-state index in [-0.39, 0.29) is 5.92 Å². The van der Waals surface area contributed by atoms with Crippen LogP contribution in [0.1, 0.15) is 58.3 Å². The van der Waals surface area contributed by atoms with Crippen LogP contribution in [0, 0.1) is 23.2 Å². The molecule has 21 heavy (non-hydrogen) atoms. The van der Waals surface area contributed by atoms with E-state index in [2.05, 4.69) is 22.8 Å². The van der Waals surface area contributed by atoms with Gasteiger partial charge in [0.15, 0.2) is 0 Å². The van der Waals surface area contributed by atoms with Crippen molar-refractivity contribution >= 4 is 0 Å². The summed E-state index contributed by atoms with van der Waals surface area (Å²) in [5.74, 6) is 1.14. The van der Waals surface area contributed by atoms with Crippen molar-refractivity contribution in [3.8, 4) is 6.07 Å². The van der Waals surface area contributed by atoms with E-state index >= 15 is 0 Å². The highest BCUT2D eigenvalue weighted by molar-refractivity contribution is 4.98. The molecule has 0 amide bonds. The first-order chi connectivity index (χ1) is 10.3. The summed E-state index contributed by atoms with van der Waals surface area (Å²) < 4.78 is 0. The molecule has 0 N–H and O–H groups in total. The standard InChI is InChI=1S/C18H31N3/c1-2-15-7-8-16(14-19)18(13-15)21-11-9-20(10-12-21)17-5-3-4-6-17/h15-18H,2-13H2,1H3. The average Bonchev–Trinajstić information content (AvgIpc) is 3.09. The van der Waals surface area contributed by atoms with Gasteiger partial charge in [-0.25, -0.2) is 0 Å². The second-order valence-corrected chi connectivity index (χ2v) is 7.40. The Balaban J connectivity index is 1.55. The normalized spacial score (nSPS) is 36.7. The Morgan fingerprint density at radius 1 is 0.952 bits per heavy atom. The summed E-state index contributed by atoms with van der Waals surface area (Å²) in [6.07, 6.45) is 10.7. The average molecular weight is 289 g/mol. The van der Waals surface area contributed by atoms with E-state index in [1.807, 2.05) is 0 Å². The smallest absolute Gasteiger partial charge is 0.0672 e. The van der Waals surface area contributed by atoms with E-state index < -0.39 is 0 Å². The van der Waals surface area contributed by atoms with Crippen molar-refractivity contribution < 1.29 is 0 Å². The van der Waals surface area contributed by atoms with Crippen LogP contribution >= 0.6 is 0 Å². The third-order valence-electron chi connectivity index (χ3n) is 6.33. The van der Waals surface area contributed by atoms with E-state index in [1.54, 1.807) is 0 Å². The Labute approximate surface area is 130 Å². The predicted molar refractivity (Wildman–Crippen MR) is 85.9 cm³/mol. The first-order valence-corrected chi connectivity index (χ1v) is 9.19. The minimum atomic E-state index is 0.283. The molecule has 0 bridgehead atoms. The topological polar surface area (TPSA) is 30.3 Å². The summed E-state index contributed by atoms with van der Waals surface area (Å²) in [6.45, 7) is 7.16. The van der Waals surface area contributed by atoms with E-state index in [0.717, 1.165) is 18.4 Å². The molecule has 3 atom stereocenters. The van der Waals surface area contributed by atoms with Gasteiger partial charge in [0.25, 0.3) is 0 Å². The lowest BCUT2D eigenvalue weighted by Gasteiger charge is -2.45. The Morgan fingerprint density at radius 2 is 1.62 bits per heavy atom. The zero-order chi connectivity index (χ0) is 14.7. The molecule has 118 valence electrons. The Bertz CT molecular complexity index is 361. The lowest BCUT2D eigenvalue weighted by atomic mass is 9.77. The van der Waals surface area contributed by atoms with Crippen LogP contribution < -0.4 is 0 Å². The maximum absolute atomic E-state index is 9.49. The van der Waals surface area contributed by atoms with Crippen LogP contribution in [0.4, 0.5) is 0 Å². The SMILES string of the molecule is CCC1CCC(C#N)C(N2CCN(C3CCCC3)CC2)C1. The van der Waals surface area contributed by atoms with E-state index in [1.165, 1.54) is 71.1 Å². The van der Waals surface area contributed by atoms with Gasteiger partial charge in [-0.15, -0.1) is 0 Å². The highest BCUT2D eigenvalue weighted by atomic mass is 15.3. The molecular formula is C18H31N3. The maximum Gasteiger partial charge on any atom is 0.0672 e. The van der Waals surface area contributed by atoms with Gasteiger partial charge in [0.05, 0.1) is 12.0 Å². The molecule has 1 heterocycles. The largest absolute Gasteiger partial charge is 0.298 e. The molecule has 3 rings (SSSR count). The lowest BCUT2D eigenvalue weighted by Crippen LogP contribution is -2.55. The molecule has 3 nitrogen and oxygen atoms in total. The highest BCUT2D eigenvalue weighted by Gasteiger charge is 2.36. The third kappa shape index (κ3) is 3.43. The van der Waals surface area contributed by atoms with Crippen LogP contribution in [0.2, 0.25) is 0 Å². The number of hydrogen-bond acceptors (Lipinski definition) is 3. The summed E-state index contributed by atoms with van der Waals surface area (Å²) in [4.78, 5) is 5.38. The second-order valence-electron chi connectivity index (χ2n) is 7.40. The third-order valence-corrected chi connectivity index (χ3v) is 6.33. The molecular weight excluding hydrogens is 258 g/mol. The van der Waals surface area contributed by atoms with Gasteiger partial charge >= 0.3 is 0 Å². The van der Waals surface area contributed by atoms with Crippen molar-refractivity contribution in [1.29, 1.82) is 5.26 Å². The van der Waals surface area contributed by atoms with Gasteiger partial charge in [0, 0.05) is 38.3 Å². The molecule has 0 aromatic carbocycles. The summed E-state index contributed by atoms with van der Waals surface area (Å²) in [5, 5.41) is 9.49. The number of nitrogens with zero attached hydrogens (tertiary/aromatic N) is 3. The van der Waals surface area contributed by atoms with E-state index in [9.17, 15) is 5.26 Å². The minimum absolute atomic E-state index is 0.283. The second kappa shape index (κ2) is 7.11. The molecule has 3 unspecified atom stereocenters. The molecule has 1 aliphatic heterocycles. The molecule has 3 aliphatic rings. The van der Waals surface area contributed by atoms with Crippen LogP contribution in [0.25, 0.3) is 0 Å². The van der Waals surface area contributed by atoms with Crippen LogP contribution in [0.15, 0.2) is 0 Å². The molecule has 2 saturated carbocycles. The summed E-state index contributed by atoms with van der Waals surface area (Å²) in [5.41, 5.74) is 0. The zero-order valence-electron chi connectivity index (χ0n) is 13.6. The predicted octanol–water partition coefficient (Wildman–Crippen LogP) is 3.27. The fraction of sp³-hybridized carbons (Fsp3) is 0.944. The fourth-order valence-corrected chi connectivity index (χ4v) is 4.86.